The van der Waals surface area contributed by atoms with E-state index in [1.165, 1.54) is 36.4 Å². The first-order valence-corrected chi connectivity index (χ1v) is 10.8. The lowest BCUT2D eigenvalue weighted by Gasteiger charge is -2.19. The lowest BCUT2D eigenvalue weighted by Crippen LogP contribution is -2.46. The van der Waals surface area contributed by atoms with Crippen molar-refractivity contribution >= 4 is 29.6 Å². The normalized spacial score (nSPS) is 11.5. The lowest BCUT2D eigenvalue weighted by atomic mass is 10.0. The maximum absolute atomic E-state index is 12.8. The van der Waals surface area contributed by atoms with Gasteiger partial charge in [0.05, 0.1) is 6.04 Å². The van der Waals surface area contributed by atoms with Crippen LogP contribution in [0.1, 0.15) is 17.5 Å². The minimum atomic E-state index is -2.07. The first-order valence-electron chi connectivity index (χ1n) is 10.8. The van der Waals surface area contributed by atoms with Gasteiger partial charge in [0.25, 0.3) is 6.10 Å². The van der Waals surface area contributed by atoms with Crippen molar-refractivity contribution in [2.45, 2.75) is 31.4 Å². The number of Topliss-reactive ketones (excluding diaryl/α,β-unsaturated/α-hetero) is 1. The third-order valence-electron chi connectivity index (χ3n) is 5.01. The van der Waals surface area contributed by atoms with Gasteiger partial charge in [-0.1, -0.05) is 24.3 Å². The fraction of sp³-hybridized carbons (Fsp3) is 0.292. The highest BCUT2D eigenvalue weighted by atomic mass is 16.5. The monoisotopic (exact) mass is 502 g/mol. The van der Waals surface area contributed by atoms with Crippen LogP contribution in [-0.2, 0) is 36.8 Å². The van der Waals surface area contributed by atoms with E-state index in [0.29, 0.717) is 12.0 Å². The number of carboxylic acids is 3. The van der Waals surface area contributed by atoms with Crippen molar-refractivity contribution < 1.29 is 49.1 Å². The highest BCUT2D eigenvalue weighted by Gasteiger charge is 2.28. The van der Waals surface area contributed by atoms with Crippen molar-refractivity contribution in [1.29, 1.82) is 0 Å². The van der Waals surface area contributed by atoms with Crippen molar-refractivity contribution in [3.05, 3.63) is 59.7 Å². The average molecular weight is 502 g/mol. The van der Waals surface area contributed by atoms with E-state index in [1.54, 1.807) is 12.1 Å². The Labute approximate surface area is 205 Å². The molecule has 192 valence electrons. The molecular formula is C24H26N2O10. The number of hydrogen-bond acceptors (Lipinski definition) is 8. The van der Waals surface area contributed by atoms with E-state index in [-0.39, 0.29) is 37.4 Å². The number of carboxylic acid groups (broad SMARTS) is 3. The summed E-state index contributed by atoms with van der Waals surface area (Å²) in [6.07, 6.45) is -1.76. The van der Waals surface area contributed by atoms with Crippen LogP contribution in [0.25, 0.3) is 0 Å². The summed E-state index contributed by atoms with van der Waals surface area (Å²) < 4.78 is 4.96. The molecule has 0 radical (unpaired) electrons. The summed E-state index contributed by atoms with van der Waals surface area (Å²) in [7, 11) is 0. The lowest BCUT2D eigenvalue weighted by molar-refractivity contribution is -0.159. The van der Waals surface area contributed by atoms with Gasteiger partial charge < -0.3 is 35.8 Å². The predicted octanol–water partition coefficient (Wildman–Crippen LogP) is 0.212. The number of aliphatic carboxylic acids is 3. The summed E-state index contributed by atoms with van der Waals surface area (Å²) in [6, 6.07) is 11.4. The van der Waals surface area contributed by atoms with Gasteiger partial charge >= 0.3 is 17.9 Å². The van der Waals surface area contributed by atoms with Crippen molar-refractivity contribution in [2.75, 3.05) is 13.1 Å². The molecule has 0 aliphatic heterocycles. The Balaban J connectivity index is 2.02. The molecule has 2 aromatic carbocycles. The van der Waals surface area contributed by atoms with Crippen LogP contribution in [0.15, 0.2) is 48.5 Å². The van der Waals surface area contributed by atoms with Gasteiger partial charge in [0.15, 0.2) is 0 Å². The van der Waals surface area contributed by atoms with Crippen LogP contribution in [0.3, 0.4) is 0 Å². The van der Waals surface area contributed by atoms with Gasteiger partial charge in [-0.05, 0) is 48.2 Å². The van der Waals surface area contributed by atoms with Gasteiger partial charge in [-0.15, -0.1) is 0 Å². The maximum atomic E-state index is 12.8. The Morgan fingerprint density at radius 2 is 1.39 bits per heavy atom. The minimum Gasteiger partial charge on any atom is -0.508 e. The number of carbonyl (C=O) groups excluding carboxylic acids is 2. The van der Waals surface area contributed by atoms with E-state index in [2.05, 4.69) is 10.6 Å². The zero-order valence-electron chi connectivity index (χ0n) is 19.0. The fourth-order valence-corrected chi connectivity index (χ4v) is 3.12. The standard InChI is InChI=1S/C24H26N2O10/c27-16-5-1-14(2-6-16)9-11-26-21(29)18(25-12-10-19(28)22(30)31)13-15-3-7-17(8-4-15)36-20(23(32)33)24(34)35/h1-8,18,20,25,27H,9-13H2,(H,26,29)(H,30,31)(H,32,33)(H,34,35). The van der Waals surface area contributed by atoms with Crippen LogP contribution >= 0.6 is 0 Å². The Bertz CT molecular complexity index is 1070. The number of amides is 1. The van der Waals surface area contributed by atoms with Gasteiger partial charge in [0.1, 0.15) is 11.5 Å². The molecule has 0 heterocycles. The van der Waals surface area contributed by atoms with Gasteiger partial charge in [-0.3, -0.25) is 9.59 Å². The molecule has 1 amide bonds. The van der Waals surface area contributed by atoms with Crippen molar-refractivity contribution in [2.24, 2.45) is 0 Å². The maximum Gasteiger partial charge on any atom is 0.372 e. The van der Waals surface area contributed by atoms with Gasteiger partial charge in [-0.2, -0.15) is 0 Å². The van der Waals surface area contributed by atoms with Crippen LogP contribution in [0.2, 0.25) is 0 Å². The fourth-order valence-electron chi connectivity index (χ4n) is 3.12. The molecule has 1 unspecified atom stereocenters. The second-order valence-corrected chi connectivity index (χ2v) is 7.71. The molecule has 36 heavy (non-hydrogen) atoms. The largest absolute Gasteiger partial charge is 0.508 e. The molecular weight excluding hydrogens is 476 g/mol. The van der Waals surface area contributed by atoms with Crippen molar-refractivity contribution in [3.63, 3.8) is 0 Å². The summed E-state index contributed by atoms with van der Waals surface area (Å²) >= 11 is 0. The van der Waals surface area contributed by atoms with Crippen molar-refractivity contribution in [3.8, 4) is 11.5 Å². The van der Waals surface area contributed by atoms with Crippen LogP contribution in [0.5, 0.6) is 11.5 Å². The molecule has 6 N–H and O–H groups in total. The molecule has 0 aliphatic rings. The molecule has 0 fully saturated rings. The number of phenols is 1. The van der Waals surface area contributed by atoms with E-state index in [9.17, 15) is 29.1 Å². The van der Waals surface area contributed by atoms with Crippen LogP contribution < -0.4 is 15.4 Å². The molecule has 0 aliphatic carbocycles. The SMILES string of the molecule is O=C(O)C(=O)CCNC(Cc1ccc(OC(C(=O)O)C(=O)O)cc1)C(=O)NCCc1ccc(O)cc1. The van der Waals surface area contributed by atoms with Gasteiger partial charge in [0.2, 0.25) is 11.7 Å². The first-order chi connectivity index (χ1) is 17.1. The second-order valence-electron chi connectivity index (χ2n) is 7.71. The van der Waals surface area contributed by atoms with Gasteiger partial charge in [0, 0.05) is 19.5 Å². The predicted molar refractivity (Wildman–Crippen MR) is 124 cm³/mol. The molecule has 12 heteroatoms. The summed E-state index contributed by atoms with van der Waals surface area (Å²) in [5.74, 6) is -6.14. The van der Waals surface area contributed by atoms with E-state index in [1.807, 2.05) is 0 Å². The third kappa shape index (κ3) is 9.06. The van der Waals surface area contributed by atoms with Gasteiger partial charge in [-0.25, -0.2) is 14.4 Å². The second kappa shape index (κ2) is 13.4. The molecule has 0 bridgehead atoms. The quantitative estimate of drug-likeness (QED) is 0.144. The number of phenolic OH excluding ortho intramolecular Hbond substituents is 1. The van der Waals surface area contributed by atoms with E-state index < -0.39 is 41.7 Å². The number of carbonyl (C=O) groups is 5. The number of rotatable bonds is 15. The number of ketones is 1. The van der Waals surface area contributed by atoms with Crippen LogP contribution in [0, 0.1) is 0 Å². The topological polar surface area (TPSA) is 200 Å². The van der Waals surface area contributed by atoms with E-state index in [4.69, 9.17) is 20.1 Å². The molecule has 1 atom stereocenters. The highest BCUT2D eigenvalue weighted by molar-refractivity contribution is 6.32. The minimum absolute atomic E-state index is 0.00321. The van der Waals surface area contributed by atoms with E-state index in [0.717, 1.165) is 5.56 Å². The van der Waals surface area contributed by atoms with E-state index >= 15 is 0 Å². The number of ether oxygens (including phenoxy) is 1. The summed E-state index contributed by atoms with van der Waals surface area (Å²) in [4.78, 5) is 56.9. The number of benzene rings is 2. The number of nitrogens with one attached hydrogen (secondary N) is 2. The van der Waals surface area contributed by atoms with Crippen LogP contribution in [-0.4, -0.2) is 75.3 Å². The highest BCUT2D eigenvalue weighted by Crippen LogP contribution is 2.16. The molecule has 12 nitrogen and oxygen atoms in total. The Morgan fingerprint density at radius 1 is 0.806 bits per heavy atom. The average Bonchev–Trinajstić information content (AvgIpc) is 2.83. The zero-order chi connectivity index (χ0) is 26.7. The first kappa shape index (κ1) is 27.8. The Hall–Kier alpha value is -4.45. The smallest absolute Gasteiger partial charge is 0.372 e. The number of hydrogen-bond donors (Lipinski definition) is 6. The summed E-state index contributed by atoms with van der Waals surface area (Å²) in [5.41, 5.74) is 1.50. The Kier molecular flexibility index (Phi) is 10.4. The molecule has 2 aromatic rings. The molecule has 0 saturated heterocycles. The zero-order valence-corrected chi connectivity index (χ0v) is 19.0. The molecule has 2 rings (SSSR count). The Morgan fingerprint density at radius 3 is 1.94 bits per heavy atom. The molecule has 0 spiro atoms. The van der Waals surface area contributed by atoms with Crippen molar-refractivity contribution in [1.82, 2.24) is 10.6 Å². The molecule has 0 aromatic heterocycles. The number of aromatic hydroxyl groups is 1. The third-order valence-corrected chi connectivity index (χ3v) is 5.01. The summed E-state index contributed by atoms with van der Waals surface area (Å²) in [5, 5.41) is 41.6. The molecule has 0 saturated carbocycles. The summed E-state index contributed by atoms with van der Waals surface area (Å²) in [6.45, 7) is 0.232. The van der Waals surface area contributed by atoms with Crippen LogP contribution in [0.4, 0.5) is 0 Å².